The second kappa shape index (κ2) is 9.87. The first-order valence-corrected chi connectivity index (χ1v) is 16.4. The topological polar surface area (TPSA) is 130 Å². The van der Waals surface area contributed by atoms with Crippen LogP contribution in [0.1, 0.15) is 25.8 Å². The minimum Gasteiger partial charge on any atom is -0.444 e. The summed E-state index contributed by atoms with van der Waals surface area (Å²) in [6.45, 7) is 4.57. The molecule has 2 amide bonds. The Bertz CT molecular complexity index is 1600. The molecule has 0 fully saturated rings. The Morgan fingerprint density at radius 1 is 1.10 bits per heavy atom. The quantitative estimate of drug-likeness (QED) is 0.303. The Morgan fingerprint density at radius 3 is 2.23 bits per heavy atom. The Balaban J connectivity index is 1.45. The van der Waals surface area contributed by atoms with Crippen LogP contribution in [0.5, 0.6) is 0 Å². The summed E-state index contributed by atoms with van der Waals surface area (Å²) in [6, 6.07) is 17.6. The summed E-state index contributed by atoms with van der Waals surface area (Å²) in [6.07, 6.45) is 2.68. The number of rotatable bonds is 8. The van der Waals surface area contributed by atoms with Crippen LogP contribution in [0.25, 0.3) is 10.8 Å². The summed E-state index contributed by atoms with van der Waals surface area (Å²) < 4.78 is 33.1. The van der Waals surface area contributed by atoms with E-state index < -0.39 is 41.7 Å². The number of sulfonamides is 1. The number of urea groups is 1. The van der Waals surface area contributed by atoms with Crippen LogP contribution in [-0.4, -0.2) is 49.2 Å². The number of carbonyl (C=O) groups excluding carboxylic acids is 2. The van der Waals surface area contributed by atoms with Crippen LogP contribution >= 0.6 is 11.3 Å². The van der Waals surface area contributed by atoms with Crippen molar-refractivity contribution in [1.82, 2.24) is 9.29 Å². The molecule has 0 bridgehead atoms. The summed E-state index contributed by atoms with van der Waals surface area (Å²) in [7, 11) is -7.84. The highest BCUT2D eigenvalue weighted by Crippen LogP contribution is 2.45. The van der Waals surface area contributed by atoms with E-state index in [1.54, 1.807) is 6.92 Å². The zero-order valence-corrected chi connectivity index (χ0v) is 24.2. The number of nitrogens with one attached hydrogen (secondary N) is 1. The summed E-state index contributed by atoms with van der Waals surface area (Å²) in [4.78, 5) is 43.2. The Kier molecular flexibility index (Phi) is 6.83. The molecule has 0 aliphatic carbocycles. The maximum atomic E-state index is 13.6. The molecule has 12 heteroatoms. The summed E-state index contributed by atoms with van der Waals surface area (Å²) in [5.74, 6) is -0.243. The van der Waals surface area contributed by atoms with Gasteiger partial charge in [0.1, 0.15) is 16.2 Å². The zero-order valence-electron chi connectivity index (χ0n) is 21.5. The standard InChI is InChI=1S/C27H27N3O6S2Si/c1-18-22(24-28-14-15-36-24)37-25-23(18)38(33,34)30(26(32)29-25)17-19(31)16-27(2,3)39(35,20-10-6-4-7-11-20)21-12-8-5-9-13-21/h4-15,35H,16-17H2,1-3H3,(H,29,32). The van der Waals surface area contributed by atoms with Crippen LogP contribution in [0, 0.1) is 6.92 Å². The third kappa shape index (κ3) is 4.52. The summed E-state index contributed by atoms with van der Waals surface area (Å²) >= 11 is 1.05. The maximum Gasteiger partial charge on any atom is 0.336 e. The molecule has 2 N–H and O–H groups in total. The van der Waals surface area contributed by atoms with Gasteiger partial charge >= 0.3 is 6.03 Å². The molecule has 2 aromatic heterocycles. The molecule has 0 unspecified atom stereocenters. The van der Waals surface area contributed by atoms with Gasteiger partial charge in [0.15, 0.2) is 5.78 Å². The SMILES string of the molecule is Cc1c(-c2ncco2)sc2c1S(=O)(=O)N(CC(=O)CC(C)(C)[Si](O)(c1ccccc1)c1ccccc1)C(=O)N2. The van der Waals surface area contributed by atoms with Crippen molar-refractivity contribution in [3.63, 3.8) is 0 Å². The molecule has 0 atom stereocenters. The molecule has 1 aliphatic rings. The van der Waals surface area contributed by atoms with Crippen molar-refractivity contribution in [2.75, 3.05) is 11.9 Å². The lowest BCUT2D eigenvalue weighted by atomic mass is 10.1. The lowest BCUT2D eigenvalue weighted by Gasteiger charge is -2.41. The van der Waals surface area contributed by atoms with Gasteiger partial charge in [-0.3, -0.25) is 10.1 Å². The van der Waals surface area contributed by atoms with Crippen LogP contribution in [0.2, 0.25) is 5.04 Å². The summed E-state index contributed by atoms with van der Waals surface area (Å²) in [5.41, 5.74) is 0.380. The second-order valence-corrected chi connectivity index (χ2v) is 16.8. The third-order valence-corrected chi connectivity index (χ3v) is 14.7. The van der Waals surface area contributed by atoms with Gasteiger partial charge < -0.3 is 9.21 Å². The number of thiophene rings is 1. The monoisotopic (exact) mass is 581 g/mol. The van der Waals surface area contributed by atoms with Crippen molar-refractivity contribution < 1.29 is 27.2 Å². The average Bonchev–Trinajstić information content (AvgIpc) is 3.55. The number of nitrogens with zero attached hydrogens (tertiary/aromatic N) is 2. The predicted octanol–water partition coefficient (Wildman–Crippen LogP) is 3.74. The maximum absolute atomic E-state index is 13.6. The lowest BCUT2D eigenvalue weighted by Crippen LogP contribution is -2.65. The fourth-order valence-electron chi connectivity index (χ4n) is 5.11. The molecule has 0 spiro atoms. The van der Waals surface area contributed by atoms with E-state index in [0.29, 0.717) is 14.7 Å². The highest BCUT2D eigenvalue weighted by molar-refractivity contribution is 7.90. The van der Waals surface area contributed by atoms with Crippen LogP contribution in [0.3, 0.4) is 0 Å². The molecular formula is C27H27N3O6S2Si. The number of amides is 2. The van der Waals surface area contributed by atoms with E-state index in [9.17, 15) is 22.8 Å². The molecule has 4 aromatic rings. The molecule has 3 heterocycles. The van der Waals surface area contributed by atoms with E-state index in [-0.39, 0.29) is 22.2 Å². The van der Waals surface area contributed by atoms with Gasteiger partial charge in [-0.15, -0.1) is 11.3 Å². The lowest BCUT2D eigenvalue weighted by molar-refractivity contribution is -0.119. The largest absolute Gasteiger partial charge is 0.444 e. The second-order valence-electron chi connectivity index (χ2n) is 10.0. The number of carbonyl (C=O) groups is 2. The van der Waals surface area contributed by atoms with Crippen molar-refractivity contribution >= 4 is 56.9 Å². The average molecular weight is 582 g/mol. The molecule has 0 saturated heterocycles. The molecule has 202 valence electrons. The Hall–Kier alpha value is -3.58. The Morgan fingerprint density at radius 2 is 1.69 bits per heavy atom. The highest BCUT2D eigenvalue weighted by Gasteiger charge is 2.51. The van der Waals surface area contributed by atoms with E-state index in [4.69, 9.17) is 4.42 Å². The van der Waals surface area contributed by atoms with Crippen LogP contribution in [0.4, 0.5) is 9.80 Å². The predicted molar refractivity (Wildman–Crippen MR) is 151 cm³/mol. The number of ketones is 1. The van der Waals surface area contributed by atoms with Gasteiger partial charge in [-0.25, -0.2) is 22.5 Å². The van der Waals surface area contributed by atoms with Crippen LogP contribution in [0.15, 0.2) is 82.4 Å². The van der Waals surface area contributed by atoms with Crippen LogP contribution < -0.4 is 15.7 Å². The molecule has 0 saturated carbocycles. The molecule has 0 radical (unpaired) electrons. The van der Waals surface area contributed by atoms with Gasteiger partial charge in [0, 0.05) is 6.42 Å². The van der Waals surface area contributed by atoms with E-state index in [1.807, 2.05) is 74.5 Å². The molecule has 9 nitrogen and oxygen atoms in total. The number of aromatic nitrogens is 1. The smallest absolute Gasteiger partial charge is 0.336 e. The van der Waals surface area contributed by atoms with Crippen molar-refractivity contribution in [3.8, 4) is 10.8 Å². The number of anilines is 1. The third-order valence-electron chi connectivity index (χ3n) is 7.03. The van der Waals surface area contributed by atoms with Crippen LogP contribution in [-0.2, 0) is 14.8 Å². The molecule has 5 rings (SSSR count). The molecule has 1 aliphatic heterocycles. The van der Waals surface area contributed by atoms with Gasteiger partial charge in [0.25, 0.3) is 18.3 Å². The highest BCUT2D eigenvalue weighted by atomic mass is 32.2. The molecular weight excluding hydrogens is 555 g/mol. The Labute approximate surface area is 231 Å². The van der Waals surface area contributed by atoms with E-state index >= 15 is 0 Å². The minimum absolute atomic E-state index is 0.0770. The first kappa shape index (κ1) is 27.0. The number of fused-ring (bicyclic) bond motifs is 1. The number of hydrogen-bond acceptors (Lipinski definition) is 8. The van der Waals surface area contributed by atoms with Crippen molar-refractivity contribution in [3.05, 3.63) is 78.7 Å². The van der Waals surface area contributed by atoms with Gasteiger partial charge in [0.05, 0.1) is 17.6 Å². The summed E-state index contributed by atoms with van der Waals surface area (Å²) in [5, 5.41) is 3.28. The van der Waals surface area contributed by atoms with Crippen molar-refractivity contribution in [2.24, 2.45) is 0 Å². The van der Waals surface area contributed by atoms with Gasteiger partial charge in [-0.1, -0.05) is 74.5 Å². The van der Waals surface area contributed by atoms with Gasteiger partial charge in [0.2, 0.25) is 5.89 Å². The van der Waals surface area contributed by atoms with Gasteiger partial charge in [-0.2, -0.15) is 0 Å². The number of oxazole rings is 1. The van der Waals surface area contributed by atoms with E-state index in [0.717, 1.165) is 21.7 Å². The fraction of sp³-hybridized carbons (Fsp3) is 0.222. The number of benzene rings is 2. The van der Waals surface area contributed by atoms with E-state index in [1.165, 1.54) is 12.5 Å². The first-order valence-electron chi connectivity index (χ1n) is 12.2. The number of hydrogen-bond donors (Lipinski definition) is 2. The number of Topliss-reactive ketones (excluding diaryl/α,β-unsaturated/α-hetero) is 1. The fourth-order valence-corrected chi connectivity index (χ4v) is 11.9. The molecule has 39 heavy (non-hydrogen) atoms. The van der Waals surface area contributed by atoms with Gasteiger partial charge in [-0.05, 0) is 27.9 Å². The first-order chi connectivity index (χ1) is 18.5. The van der Waals surface area contributed by atoms with Crippen molar-refractivity contribution in [2.45, 2.75) is 37.1 Å². The normalized spacial score (nSPS) is 15.1. The zero-order chi connectivity index (χ0) is 28.0. The minimum atomic E-state index is -4.33. The molecule has 2 aromatic carbocycles. The van der Waals surface area contributed by atoms with E-state index in [2.05, 4.69) is 10.3 Å². The van der Waals surface area contributed by atoms with Crippen molar-refractivity contribution in [1.29, 1.82) is 0 Å².